The molecule has 1 aromatic rings. The van der Waals surface area contributed by atoms with E-state index in [2.05, 4.69) is 15.5 Å². The fraction of sp³-hybridized carbons (Fsp3) is 0.615. The molecule has 4 N–H and O–H groups in total. The Balaban J connectivity index is 1.93. The monoisotopic (exact) mass is 279 g/mol. The zero-order valence-electron chi connectivity index (χ0n) is 11.9. The van der Waals surface area contributed by atoms with Crippen LogP contribution in [0.2, 0.25) is 0 Å². The third kappa shape index (κ3) is 2.92. The summed E-state index contributed by atoms with van der Waals surface area (Å²) in [7, 11) is 0. The minimum absolute atomic E-state index is 0.0361. The summed E-state index contributed by atoms with van der Waals surface area (Å²) >= 11 is 0. The molecule has 1 aromatic heterocycles. The molecular formula is C13H21N5O2. The van der Waals surface area contributed by atoms with Gasteiger partial charge in [-0.1, -0.05) is 0 Å². The van der Waals surface area contributed by atoms with Crippen LogP contribution in [0.3, 0.4) is 0 Å². The van der Waals surface area contributed by atoms with Gasteiger partial charge in [0.1, 0.15) is 0 Å². The molecule has 0 aromatic carbocycles. The molecule has 0 atom stereocenters. The van der Waals surface area contributed by atoms with E-state index in [0.29, 0.717) is 24.7 Å². The number of H-pyrrole nitrogens is 1. The number of nitrogens with one attached hydrogen (secondary N) is 2. The van der Waals surface area contributed by atoms with Crippen LogP contribution in [-0.4, -0.2) is 46.5 Å². The number of carbonyl (C=O) groups is 2. The molecule has 1 heterocycles. The maximum atomic E-state index is 12.0. The maximum Gasteiger partial charge on any atom is 0.274 e. The molecule has 1 aliphatic rings. The largest absolute Gasteiger partial charge is 0.395 e. The number of anilines is 1. The van der Waals surface area contributed by atoms with Gasteiger partial charge < -0.3 is 16.0 Å². The Hall–Kier alpha value is -2.05. The average Bonchev–Trinajstić information content (AvgIpc) is 3.20. The van der Waals surface area contributed by atoms with E-state index in [-0.39, 0.29) is 18.1 Å². The highest BCUT2D eigenvalue weighted by atomic mass is 16.2. The lowest BCUT2D eigenvalue weighted by molar-refractivity contribution is -0.129. The van der Waals surface area contributed by atoms with Crippen molar-refractivity contribution in [1.29, 1.82) is 0 Å². The third-order valence-electron chi connectivity index (χ3n) is 3.55. The van der Waals surface area contributed by atoms with Gasteiger partial charge in [0.2, 0.25) is 5.91 Å². The van der Waals surface area contributed by atoms with Gasteiger partial charge >= 0.3 is 0 Å². The number of likely N-dealkylation sites (N-methyl/N-ethyl adjacent to an activating group) is 1. The third-order valence-corrected chi connectivity index (χ3v) is 3.55. The number of hydrogen-bond donors (Lipinski definition) is 3. The fourth-order valence-electron chi connectivity index (χ4n) is 2.15. The van der Waals surface area contributed by atoms with E-state index in [9.17, 15) is 9.59 Å². The highest BCUT2D eigenvalue weighted by Gasteiger charge is 2.30. The lowest BCUT2D eigenvalue weighted by Gasteiger charge is -2.18. The summed E-state index contributed by atoms with van der Waals surface area (Å²) in [5.74, 6) is -0.118. The van der Waals surface area contributed by atoms with Gasteiger partial charge in [0.15, 0.2) is 5.69 Å². The van der Waals surface area contributed by atoms with Crippen LogP contribution < -0.4 is 11.1 Å². The Labute approximate surface area is 117 Å². The molecule has 0 radical (unpaired) electrons. The first-order valence-electron chi connectivity index (χ1n) is 6.98. The number of amides is 2. The van der Waals surface area contributed by atoms with Crippen molar-refractivity contribution in [3.8, 4) is 0 Å². The number of nitrogens with zero attached hydrogens (tertiary/aromatic N) is 2. The van der Waals surface area contributed by atoms with Crippen molar-refractivity contribution >= 4 is 17.5 Å². The number of carbonyl (C=O) groups excluding carboxylic acids is 2. The second kappa shape index (κ2) is 5.94. The smallest absolute Gasteiger partial charge is 0.274 e. The molecule has 7 heteroatoms. The highest BCUT2D eigenvalue weighted by Crippen LogP contribution is 2.42. The quantitative estimate of drug-likeness (QED) is 0.704. The molecule has 110 valence electrons. The Morgan fingerprint density at radius 1 is 1.40 bits per heavy atom. The highest BCUT2D eigenvalue weighted by molar-refractivity contribution is 5.99. The van der Waals surface area contributed by atoms with Crippen molar-refractivity contribution in [2.75, 3.05) is 25.4 Å². The van der Waals surface area contributed by atoms with E-state index in [1.165, 1.54) is 0 Å². The summed E-state index contributed by atoms with van der Waals surface area (Å²) in [5, 5.41) is 9.34. The zero-order valence-corrected chi connectivity index (χ0v) is 11.9. The molecule has 0 bridgehead atoms. The van der Waals surface area contributed by atoms with Gasteiger partial charge in [-0.25, -0.2) is 0 Å². The topological polar surface area (TPSA) is 104 Å². The van der Waals surface area contributed by atoms with Crippen LogP contribution >= 0.6 is 0 Å². The SMILES string of the molecule is CCN(CC)C(=O)CNC(=O)c1n[nH]c(C2CC2)c1N. The van der Waals surface area contributed by atoms with Gasteiger partial charge in [-0.3, -0.25) is 14.7 Å². The van der Waals surface area contributed by atoms with E-state index in [4.69, 9.17) is 5.73 Å². The molecule has 2 amide bonds. The molecule has 1 aliphatic carbocycles. The minimum Gasteiger partial charge on any atom is -0.395 e. The van der Waals surface area contributed by atoms with Crippen LogP contribution in [0.5, 0.6) is 0 Å². The predicted molar refractivity (Wildman–Crippen MR) is 75.2 cm³/mol. The Kier molecular flexibility index (Phi) is 4.26. The zero-order chi connectivity index (χ0) is 14.7. The van der Waals surface area contributed by atoms with Gasteiger partial charge in [0.25, 0.3) is 5.91 Å². The summed E-state index contributed by atoms with van der Waals surface area (Å²) in [4.78, 5) is 25.4. The summed E-state index contributed by atoms with van der Waals surface area (Å²) in [6, 6.07) is 0. The fourth-order valence-corrected chi connectivity index (χ4v) is 2.15. The van der Waals surface area contributed by atoms with Crippen molar-refractivity contribution in [2.24, 2.45) is 0 Å². The molecule has 0 saturated heterocycles. The molecule has 20 heavy (non-hydrogen) atoms. The van der Waals surface area contributed by atoms with Crippen molar-refractivity contribution in [1.82, 2.24) is 20.4 Å². The van der Waals surface area contributed by atoms with Gasteiger partial charge in [-0.2, -0.15) is 5.10 Å². The number of nitrogen functional groups attached to an aromatic ring is 1. The summed E-state index contributed by atoms with van der Waals surface area (Å²) < 4.78 is 0. The first kappa shape index (κ1) is 14.4. The summed E-state index contributed by atoms with van der Waals surface area (Å²) in [5.41, 5.74) is 7.33. The number of nitrogens with two attached hydrogens (primary N) is 1. The van der Waals surface area contributed by atoms with Crippen LogP contribution in [0.15, 0.2) is 0 Å². The van der Waals surface area contributed by atoms with Crippen LogP contribution in [0, 0.1) is 0 Å². The summed E-state index contributed by atoms with van der Waals surface area (Å²) in [6.07, 6.45) is 2.15. The van der Waals surface area contributed by atoms with E-state index < -0.39 is 5.91 Å². The lowest BCUT2D eigenvalue weighted by atomic mass is 10.2. The first-order valence-corrected chi connectivity index (χ1v) is 6.98. The molecular weight excluding hydrogens is 258 g/mol. The number of hydrogen-bond acceptors (Lipinski definition) is 4. The maximum absolute atomic E-state index is 12.0. The minimum atomic E-state index is -0.411. The number of aromatic amines is 1. The first-order chi connectivity index (χ1) is 9.58. The van der Waals surface area contributed by atoms with E-state index in [1.807, 2.05) is 13.8 Å². The van der Waals surface area contributed by atoms with E-state index in [1.54, 1.807) is 4.90 Å². The van der Waals surface area contributed by atoms with Gasteiger partial charge in [-0.05, 0) is 26.7 Å². The predicted octanol–water partition coefficient (Wildman–Crippen LogP) is 0.467. The molecule has 2 rings (SSSR count). The molecule has 1 saturated carbocycles. The van der Waals surface area contributed by atoms with Crippen LogP contribution in [0.25, 0.3) is 0 Å². The second-order valence-corrected chi connectivity index (χ2v) is 4.92. The van der Waals surface area contributed by atoms with Crippen molar-refractivity contribution in [3.63, 3.8) is 0 Å². The van der Waals surface area contributed by atoms with Crippen molar-refractivity contribution in [2.45, 2.75) is 32.6 Å². The average molecular weight is 279 g/mol. The van der Waals surface area contributed by atoms with Crippen LogP contribution in [0.1, 0.15) is 48.8 Å². The van der Waals surface area contributed by atoms with Crippen LogP contribution in [-0.2, 0) is 4.79 Å². The van der Waals surface area contributed by atoms with Crippen LogP contribution in [0.4, 0.5) is 5.69 Å². The lowest BCUT2D eigenvalue weighted by Crippen LogP contribution is -2.40. The Morgan fingerprint density at radius 2 is 2.05 bits per heavy atom. The van der Waals surface area contributed by atoms with Gasteiger partial charge in [0.05, 0.1) is 17.9 Å². The molecule has 0 unspecified atom stereocenters. The normalized spacial score (nSPS) is 14.1. The Morgan fingerprint density at radius 3 is 2.60 bits per heavy atom. The molecule has 7 nitrogen and oxygen atoms in total. The van der Waals surface area contributed by atoms with E-state index >= 15 is 0 Å². The van der Waals surface area contributed by atoms with Gasteiger partial charge in [0, 0.05) is 19.0 Å². The summed E-state index contributed by atoms with van der Waals surface area (Å²) in [6.45, 7) is 5.02. The second-order valence-electron chi connectivity index (χ2n) is 4.92. The van der Waals surface area contributed by atoms with E-state index in [0.717, 1.165) is 18.5 Å². The van der Waals surface area contributed by atoms with Crippen molar-refractivity contribution < 1.29 is 9.59 Å². The van der Waals surface area contributed by atoms with Crippen molar-refractivity contribution in [3.05, 3.63) is 11.4 Å². The number of aromatic nitrogens is 2. The van der Waals surface area contributed by atoms with Gasteiger partial charge in [-0.15, -0.1) is 0 Å². The number of rotatable bonds is 6. The molecule has 0 aliphatic heterocycles. The Bertz CT molecular complexity index is 503. The molecule has 1 fully saturated rings. The molecule has 0 spiro atoms. The standard InChI is InChI=1S/C13H21N5O2/c1-3-18(4-2)9(19)7-15-13(20)12-10(14)11(16-17-12)8-5-6-8/h8H,3-7,14H2,1-2H3,(H,15,20)(H,16,17).